The first kappa shape index (κ1) is 15.3. The van der Waals surface area contributed by atoms with Crippen molar-refractivity contribution >= 4 is 12.1 Å². The van der Waals surface area contributed by atoms with Crippen LogP contribution in [0.2, 0.25) is 0 Å². The number of nitrogens with one attached hydrogen (secondary N) is 1. The molecule has 128 valence electrons. The Labute approximate surface area is 152 Å². The fraction of sp³-hybridized carbons (Fsp3) is 0.182. The summed E-state index contributed by atoms with van der Waals surface area (Å²) in [4.78, 5) is 15.9. The molecule has 2 aromatic carbocycles. The number of carbonyl (C=O) groups excluding carboxylic acids is 1. The van der Waals surface area contributed by atoms with E-state index in [1.807, 2.05) is 12.1 Å². The van der Waals surface area contributed by atoms with Gasteiger partial charge in [0.05, 0.1) is 5.57 Å². The van der Waals surface area contributed by atoms with Crippen molar-refractivity contribution in [1.82, 2.24) is 5.32 Å². The molecule has 1 saturated carbocycles. The number of rotatable bonds is 5. The molecule has 0 saturated heterocycles. The summed E-state index contributed by atoms with van der Waals surface area (Å²) in [6.07, 6.45) is 7.64. The van der Waals surface area contributed by atoms with Crippen LogP contribution in [0.15, 0.2) is 82.9 Å². The number of primary amides is 1. The van der Waals surface area contributed by atoms with Crippen molar-refractivity contribution in [2.45, 2.75) is 24.0 Å². The number of dihydropyridines is 1. The third-order valence-electron chi connectivity index (χ3n) is 5.45. The number of hydrogen-bond donors (Lipinski definition) is 2. The summed E-state index contributed by atoms with van der Waals surface area (Å²) >= 11 is 0. The van der Waals surface area contributed by atoms with Crippen molar-refractivity contribution in [2.75, 3.05) is 0 Å². The van der Waals surface area contributed by atoms with Crippen LogP contribution in [-0.2, 0) is 10.3 Å². The van der Waals surface area contributed by atoms with Crippen molar-refractivity contribution in [3.63, 3.8) is 0 Å². The largest absolute Gasteiger partial charge is 0.366 e. The maximum Gasteiger partial charge on any atom is 0.250 e. The molecule has 4 heteroatoms. The Hall–Kier alpha value is -2.98. The van der Waals surface area contributed by atoms with Gasteiger partial charge in [-0.05, 0) is 47.3 Å². The van der Waals surface area contributed by atoms with E-state index in [0.717, 1.165) is 18.4 Å². The Balaban J connectivity index is 1.36. The van der Waals surface area contributed by atoms with Crippen LogP contribution in [0.5, 0.6) is 0 Å². The Morgan fingerprint density at radius 3 is 2.31 bits per heavy atom. The van der Waals surface area contributed by atoms with Gasteiger partial charge in [0.1, 0.15) is 0 Å². The second kappa shape index (κ2) is 5.26. The van der Waals surface area contributed by atoms with Gasteiger partial charge in [0, 0.05) is 11.8 Å². The molecule has 1 amide bonds. The zero-order chi connectivity index (χ0) is 17.8. The van der Waals surface area contributed by atoms with Gasteiger partial charge in [-0.3, -0.25) is 15.1 Å². The molecule has 0 bridgehead atoms. The second-order valence-corrected chi connectivity index (χ2v) is 7.24. The van der Waals surface area contributed by atoms with Gasteiger partial charge in [0.2, 0.25) is 5.91 Å². The van der Waals surface area contributed by atoms with Crippen LogP contribution in [-0.4, -0.2) is 17.8 Å². The molecule has 3 aliphatic rings. The lowest BCUT2D eigenvalue weighted by atomic mass is 9.98. The van der Waals surface area contributed by atoms with Crippen molar-refractivity contribution in [1.29, 1.82) is 0 Å². The average molecular weight is 341 g/mol. The molecule has 0 radical (unpaired) electrons. The lowest BCUT2D eigenvalue weighted by Gasteiger charge is -2.26. The molecular formula is C22H19N3O. The van der Waals surface area contributed by atoms with E-state index in [1.165, 1.54) is 16.7 Å². The number of fused-ring (bicyclic) bond motifs is 1. The van der Waals surface area contributed by atoms with Gasteiger partial charge in [0.15, 0.2) is 5.66 Å². The fourth-order valence-corrected chi connectivity index (χ4v) is 3.69. The first-order chi connectivity index (χ1) is 12.6. The third kappa shape index (κ3) is 2.42. The molecule has 26 heavy (non-hydrogen) atoms. The molecule has 2 aliphatic carbocycles. The van der Waals surface area contributed by atoms with Gasteiger partial charge < -0.3 is 5.73 Å². The molecule has 3 N–H and O–H groups in total. The van der Waals surface area contributed by atoms with Crippen molar-refractivity contribution in [3.8, 4) is 11.1 Å². The Bertz CT molecular complexity index is 982. The van der Waals surface area contributed by atoms with Crippen LogP contribution in [0.3, 0.4) is 0 Å². The molecule has 2 aromatic rings. The minimum atomic E-state index is -0.451. The molecule has 0 aromatic heterocycles. The number of nitrogens with two attached hydrogens (primary N) is 1. The zero-order valence-electron chi connectivity index (χ0n) is 14.3. The van der Waals surface area contributed by atoms with Gasteiger partial charge in [0.25, 0.3) is 0 Å². The summed E-state index contributed by atoms with van der Waals surface area (Å²) in [6, 6.07) is 19.2. The van der Waals surface area contributed by atoms with Crippen LogP contribution < -0.4 is 11.1 Å². The smallest absolute Gasteiger partial charge is 0.250 e. The molecule has 1 aliphatic heterocycles. The quantitative estimate of drug-likeness (QED) is 0.878. The van der Waals surface area contributed by atoms with E-state index in [0.29, 0.717) is 5.57 Å². The number of amides is 1. The highest BCUT2D eigenvalue weighted by atomic mass is 16.1. The van der Waals surface area contributed by atoms with Gasteiger partial charge in [-0.1, -0.05) is 54.6 Å². The molecule has 0 unspecified atom stereocenters. The average Bonchev–Trinajstić information content (AvgIpc) is 3.58. The van der Waals surface area contributed by atoms with Crippen LogP contribution in [0.25, 0.3) is 11.1 Å². The Kier molecular flexibility index (Phi) is 3.09. The summed E-state index contributed by atoms with van der Waals surface area (Å²) in [7, 11) is 0. The number of nitrogens with zero attached hydrogens (tertiary/aromatic N) is 1. The van der Waals surface area contributed by atoms with Gasteiger partial charge in [-0.25, -0.2) is 0 Å². The molecular weight excluding hydrogens is 322 g/mol. The van der Waals surface area contributed by atoms with E-state index in [4.69, 9.17) is 5.73 Å². The van der Waals surface area contributed by atoms with Gasteiger partial charge >= 0.3 is 0 Å². The van der Waals surface area contributed by atoms with E-state index in [9.17, 15) is 4.79 Å². The number of benzene rings is 2. The lowest BCUT2D eigenvalue weighted by Crippen LogP contribution is -2.42. The number of carbonyl (C=O) groups is 1. The fourth-order valence-electron chi connectivity index (χ4n) is 3.69. The second-order valence-electron chi connectivity index (χ2n) is 7.24. The highest BCUT2D eigenvalue weighted by molar-refractivity contribution is 6.13. The van der Waals surface area contributed by atoms with Crippen LogP contribution in [0.4, 0.5) is 0 Å². The highest BCUT2D eigenvalue weighted by Crippen LogP contribution is 2.52. The van der Waals surface area contributed by atoms with E-state index in [1.54, 1.807) is 6.21 Å². The standard InChI is InChI=1S/C22H19N3O/c23-20(26)17-12-19-13-22(19,24-14-17)25-21(10-11-21)18-8-6-16(7-9-18)15-4-2-1-3-5-15/h1-9,12-14,25H,10-11H2,(H2,23,26)/t22-/m1/s1. The normalized spacial score (nSPS) is 24.3. The first-order valence-corrected chi connectivity index (χ1v) is 8.86. The van der Waals surface area contributed by atoms with Crippen LogP contribution >= 0.6 is 0 Å². The van der Waals surface area contributed by atoms with Crippen molar-refractivity contribution in [2.24, 2.45) is 10.7 Å². The van der Waals surface area contributed by atoms with E-state index in [2.05, 4.69) is 64.9 Å². The topological polar surface area (TPSA) is 67.5 Å². The number of aliphatic imine (C=N–C) groups is 1. The Morgan fingerprint density at radius 1 is 1.00 bits per heavy atom. The molecule has 4 nitrogen and oxygen atoms in total. The predicted molar refractivity (Wildman–Crippen MR) is 103 cm³/mol. The molecule has 1 fully saturated rings. The summed E-state index contributed by atoms with van der Waals surface area (Å²) < 4.78 is 0. The van der Waals surface area contributed by atoms with Crippen molar-refractivity contribution in [3.05, 3.63) is 83.5 Å². The van der Waals surface area contributed by atoms with Crippen LogP contribution in [0, 0.1) is 0 Å². The minimum absolute atomic E-state index is 0.0388. The summed E-state index contributed by atoms with van der Waals surface area (Å²) in [6.45, 7) is 0. The predicted octanol–water partition coefficient (Wildman–Crippen LogP) is 3.06. The number of hydrogen-bond acceptors (Lipinski definition) is 3. The molecule has 0 spiro atoms. The van der Waals surface area contributed by atoms with E-state index in [-0.39, 0.29) is 5.54 Å². The van der Waals surface area contributed by atoms with Gasteiger partial charge in [-0.15, -0.1) is 0 Å². The van der Waals surface area contributed by atoms with Gasteiger partial charge in [-0.2, -0.15) is 0 Å². The van der Waals surface area contributed by atoms with E-state index >= 15 is 0 Å². The van der Waals surface area contributed by atoms with E-state index < -0.39 is 11.6 Å². The highest BCUT2D eigenvalue weighted by Gasteiger charge is 2.55. The third-order valence-corrected chi connectivity index (χ3v) is 5.45. The molecule has 1 heterocycles. The minimum Gasteiger partial charge on any atom is -0.366 e. The Morgan fingerprint density at radius 2 is 1.69 bits per heavy atom. The summed E-state index contributed by atoms with van der Waals surface area (Å²) in [5, 5.41) is 3.70. The van der Waals surface area contributed by atoms with Crippen LogP contribution in [0.1, 0.15) is 18.4 Å². The maximum absolute atomic E-state index is 11.3. The lowest BCUT2D eigenvalue weighted by molar-refractivity contribution is -0.114. The molecule has 5 rings (SSSR count). The summed E-state index contributed by atoms with van der Waals surface area (Å²) in [5.41, 5.74) is 10.1. The monoisotopic (exact) mass is 341 g/mol. The zero-order valence-corrected chi connectivity index (χ0v) is 14.3. The molecule has 1 atom stereocenters. The maximum atomic E-state index is 11.3. The first-order valence-electron chi connectivity index (χ1n) is 8.86. The van der Waals surface area contributed by atoms with Crippen molar-refractivity contribution < 1.29 is 4.79 Å². The SMILES string of the molecule is NC(=O)C1=CC2=C[C@]2(NC2(c3ccc(-c4ccccc4)cc3)CC2)N=C1. The summed E-state index contributed by atoms with van der Waals surface area (Å²) in [5.74, 6) is -0.437.